The zero-order chi connectivity index (χ0) is 13.1. The van der Waals surface area contributed by atoms with Gasteiger partial charge in [0.2, 0.25) is 0 Å². The van der Waals surface area contributed by atoms with Crippen LogP contribution < -0.4 is 5.32 Å². The van der Waals surface area contributed by atoms with Crippen LogP contribution in [0, 0.1) is 0 Å². The van der Waals surface area contributed by atoms with Crippen molar-refractivity contribution in [2.75, 3.05) is 5.32 Å². The van der Waals surface area contributed by atoms with Gasteiger partial charge in [-0.15, -0.1) is 22.9 Å². The van der Waals surface area contributed by atoms with Crippen LogP contribution in [0.15, 0.2) is 23.6 Å². The van der Waals surface area contributed by atoms with Gasteiger partial charge in [-0.1, -0.05) is 23.2 Å². The van der Waals surface area contributed by atoms with E-state index in [1.807, 2.05) is 0 Å². The number of thiazole rings is 1. The number of benzene rings is 1. The summed E-state index contributed by atoms with van der Waals surface area (Å²) < 4.78 is 0. The van der Waals surface area contributed by atoms with Gasteiger partial charge in [-0.25, -0.2) is 4.98 Å². The highest BCUT2D eigenvalue weighted by Crippen LogP contribution is 2.23. The first-order valence-electron chi connectivity index (χ1n) is 4.87. The molecule has 0 spiro atoms. The third-order valence-electron chi connectivity index (χ3n) is 2.08. The lowest BCUT2D eigenvalue weighted by Gasteiger charge is -2.04. The summed E-state index contributed by atoms with van der Waals surface area (Å²) in [6, 6.07) is 4.69. The molecule has 7 heteroatoms. The Morgan fingerprint density at radius 3 is 2.78 bits per heavy atom. The summed E-state index contributed by atoms with van der Waals surface area (Å²) in [7, 11) is 0. The Hall–Kier alpha value is -0.810. The molecule has 0 aliphatic rings. The second-order valence-electron chi connectivity index (χ2n) is 3.36. The first-order valence-corrected chi connectivity index (χ1v) is 7.04. The molecule has 0 radical (unpaired) electrons. The Balaban J connectivity index is 2.16. The molecular formula is C11H7Cl3N2OS. The summed E-state index contributed by atoms with van der Waals surface area (Å²) in [6.45, 7) is 0. The summed E-state index contributed by atoms with van der Waals surface area (Å²) in [5.74, 6) is -0.0132. The number of aromatic nitrogens is 1. The van der Waals surface area contributed by atoms with Gasteiger partial charge in [0, 0.05) is 10.4 Å². The summed E-state index contributed by atoms with van der Waals surface area (Å²) in [5.41, 5.74) is 1.07. The maximum Gasteiger partial charge on any atom is 0.258 e. The van der Waals surface area contributed by atoms with Crippen molar-refractivity contribution in [3.05, 3.63) is 44.9 Å². The fraction of sp³-hybridized carbons (Fsp3) is 0.0909. The molecule has 18 heavy (non-hydrogen) atoms. The predicted octanol–water partition coefficient (Wildman–Crippen LogP) is 4.44. The summed E-state index contributed by atoms with van der Waals surface area (Å²) in [4.78, 5) is 16.1. The van der Waals surface area contributed by atoms with Gasteiger partial charge < -0.3 is 0 Å². The highest BCUT2D eigenvalue weighted by atomic mass is 35.5. The van der Waals surface area contributed by atoms with E-state index in [1.165, 1.54) is 17.4 Å². The van der Waals surface area contributed by atoms with Crippen molar-refractivity contribution in [2.24, 2.45) is 0 Å². The fourth-order valence-corrected chi connectivity index (χ4v) is 2.69. The second kappa shape index (κ2) is 5.89. The molecule has 0 aliphatic carbocycles. The van der Waals surface area contributed by atoms with Gasteiger partial charge in [-0.3, -0.25) is 10.1 Å². The summed E-state index contributed by atoms with van der Waals surface area (Å²) >= 11 is 18.6. The number of halogens is 3. The lowest BCUT2D eigenvalue weighted by molar-refractivity contribution is 0.102. The maximum atomic E-state index is 11.9. The molecule has 3 nitrogen and oxygen atoms in total. The first kappa shape index (κ1) is 13.6. The SMILES string of the molecule is O=C(Nc1nc(CCl)cs1)c1ccc(Cl)cc1Cl. The van der Waals surface area contributed by atoms with Crippen LogP contribution >= 0.6 is 46.1 Å². The minimum absolute atomic E-state index is 0.300. The van der Waals surface area contributed by atoms with Crippen LogP contribution in [0.3, 0.4) is 0 Å². The monoisotopic (exact) mass is 320 g/mol. The Bertz CT molecular complexity index is 585. The van der Waals surface area contributed by atoms with Crippen LogP contribution in [0.2, 0.25) is 10.0 Å². The molecule has 1 aromatic heterocycles. The van der Waals surface area contributed by atoms with Crippen LogP contribution in [0.1, 0.15) is 16.1 Å². The molecule has 1 aromatic carbocycles. The number of nitrogens with zero attached hydrogens (tertiary/aromatic N) is 1. The third-order valence-corrected chi connectivity index (χ3v) is 3.71. The van der Waals surface area contributed by atoms with Gasteiger partial charge in [0.15, 0.2) is 5.13 Å². The van der Waals surface area contributed by atoms with Crippen LogP contribution in [-0.4, -0.2) is 10.9 Å². The van der Waals surface area contributed by atoms with Gasteiger partial charge in [-0.2, -0.15) is 0 Å². The molecule has 1 heterocycles. The molecule has 2 aromatic rings. The smallest absolute Gasteiger partial charge is 0.258 e. The number of carbonyl (C=O) groups excluding carboxylic acids is 1. The number of amides is 1. The number of alkyl halides is 1. The quantitative estimate of drug-likeness (QED) is 0.849. The summed E-state index contributed by atoms with van der Waals surface area (Å²) in [5, 5.41) is 5.71. The van der Waals surface area contributed by atoms with E-state index < -0.39 is 0 Å². The van der Waals surface area contributed by atoms with Crippen molar-refractivity contribution >= 4 is 57.2 Å². The lowest BCUT2D eigenvalue weighted by atomic mass is 10.2. The zero-order valence-corrected chi connectivity index (χ0v) is 12.0. The number of carbonyl (C=O) groups is 1. The number of nitrogens with one attached hydrogen (secondary N) is 1. The second-order valence-corrected chi connectivity index (χ2v) is 5.32. The Morgan fingerprint density at radius 1 is 1.39 bits per heavy atom. The van der Waals surface area contributed by atoms with Crippen molar-refractivity contribution in [1.82, 2.24) is 4.98 Å². The standard InChI is InChI=1S/C11H7Cl3N2OS/c12-4-7-5-18-11(15-7)16-10(17)8-2-1-6(13)3-9(8)14/h1-3,5H,4H2,(H,15,16,17). The normalized spacial score (nSPS) is 10.4. The van der Waals surface area contributed by atoms with Crippen molar-refractivity contribution in [1.29, 1.82) is 0 Å². The molecule has 0 saturated heterocycles. The molecule has 94 valence electrons. The summed E-state index contributed by atoms with van der Waals surface area (Å²) in [6.07, 6.45) is 0. The minimum atomic E-state index is -0.327. The van der Waals surface area contributed by atoms with Gasteiger partial charge in [0.25, 0.3) is 5.91 Å². The molecule has 0 fully saturated rings. The maximum absolute atomic E-state index is 11.9. The van der Waals surface area contributed by atoms with Gasteiger partial charge >= 0.3 is 0 Å². The largest absolute Gasteiger partial charge is 0.298 e. The average Bonchev–Trinajstić information content (AvgIpc) is 2.76. The minimum Gasteiger partial charge on any atom is -0.298 e. The molecule has 0 atom stereocenters. The van der Waals surface area contributed by atoms with E-state index in [0.29, 0.717) is 26.6 Å². The van der Waals surface area contributed by atoms with Gasteiger partial charge in [-0.05, 0) is 18.2 Å². The number of anilines is 1. The molecule has 1 N–H and O–H groups in total. The van der Waals surface area contributed by atoms with Crippen molar-refractivity contribution < 1.29 is 4.79 Å². The molecular weight excluding hydrogens is 315 g/mol. The first-order chi connectivity index (χ1) is 8.60. The predicted molar refractivity (Wildman–Crippen MR) is 76.1 cm³/mol. The third kappa shape index (κ3) is 3.14. The topological polar surface area (TPSA) is 42.0 Å². The Morgan fingerprint density at radius 2 is 2.17 bits per heavy atom. The van der Waals surface area contributed by atoms with Crippen molar-refractivity contribution in [3.63, 3.8) is 0 Å². The molecule has 0 aliphatic heterocycles. The van der Waals surface area contributed by atoms with E-state index in [9.17, 15) is 4.79 Å². The molecule has 1 amide bonds. The molecule has 0 bridgehead atoms. The van der Waals surface area contributed by atoms with E-state index in [4.69, 9.17) is 34.8 Å². The number of hydrogen-bond acceptors (Lipinski definition) is 3. The van der Waals surface area contributed by atoms with Crippen LogP contribution in [0.5, 0.6) is 0 Å². The highest BCUT2D eigenvalue weighted by Gasteiger charge is 2.12. The van der Waals surface area contributed by atoms with Crippen LogP contribution in [0.25, 0.3) is 0 Å². The van der Waals surface area contributed by atoms with E-state index in [1.54, 1.807) is 17.5 Å². The van der Waals surface area contributed by atoms with E-state index >= 15 is 0 Å². The lowest BCUT2D eigenvalue weighted by Crippen LogP contribution is -2.12. The van der Waals surface area contributed by atoms with E-state index in [0.717, 1.165) is 5.69 Å². The molecule has 2 rings (SSSR count). The Kier molecular flexibility index (Phi) is 4.45. The van der Waals surface area contributed by atoms with Crippen LogP contribution in [0.4, 0.5) is 5.13 Å². The van der Waals surface area contributed by atoms with E-state index in [-0.39, 0.29) is 5.91 Å². The number of hydrogen-bond donors (Lipinski definition) is 1. The van der Waals surface area contributed by atoms with Gasteiger partial charge in [0.05, 0.1) is 22.2 Å². The molecule has 0 unspecified atom stereocenters. The Labute approximate surface area is 123 Å². The zero-order valence-electron chi connectivity index (χ0n) is 8.91. The van der Waals surface area contributed by atoms with Gasteiger partial charge in [0.1, 0.15) is 0 Å². The number of rotatable bonds is 3. The fourth-order valence-electron chi connectivity index (χ4n) is 1.26. The van der Waals surface area contributed by atoms with E-state index in [2.05, 4.69) is 10.3 Å². The van der Waals surface area contributed by atoms with Crippen molar-refractivity contribution in [3.8, 4) is 0 Å². The molecule has 0 saturated carbocycles. The van der Waals surface area contributed by atoms with Crippen LogP contribution in [-0.2, 0) is 5.88 Å². The van der Waals surface area contributed by atoms with Crippen molar-refractivity contribution in [2.45, 2.75) is 5.88 Å². The highest BCUT2D eigenvalue weighted by molar-refractivity contribution is 7.14. The average molecular weight is 322 g/mol.